The highest BCUT2D eigenvalue weighted by Crippen LogP contribution is 2.19. The zero-order valence-electron chi connectivity index (χ0n) is 15.2. The average molecular weight is 416 g/mol. The van der Waals surface area contributed by atoms with Gasteiger partial charge in [-0.05, 0) is 48.5 Å². The zero-order valence-corrected chi connectivity index (χ0v) is 16.0. The Hall–Kier alpha value is -3.06. The number of amides is 2. The van der Waals surface area contributed by atoms with Crippen molar-refractivity contribution < 1.29 is 18.4 Å². The van der Waals surface area contributed by atoms with Crippen LogP contribution in [0, 0.1) is 11.6 Å². The van der Waals surface area contributed by atoms with Gasteiger partial charge in [0.2, 0.25) is 0 Å². The molecule has 8 heteroatoms. The smallest absolute Gasteiger partial charge is 0.254 e. The molecule has 1 aliphatic rings. The number of halogens is 3. The number of hydrogen-bond donors (Lipinski definition) is 0. The lowest BCUT2D eigenvalue weighted by Crippen LogP contribution is -2.50. The van der Waals surface area contributed by atoms with E-state index < -0.39 is 11.6 Å². The van der Waals surface area contributed by atoms with E-state index in [1.165, 1.54) is 11.0 Å². The maximum Gasteiger partial charge on any atom is 0.254 e. The third-order valence-electron chi connectivity index (χ3n) is 4.92. The average Bonchev–Trinajstić information content (AvgIpc) is 2.74. The first-order valence-corrected chi connectivity index (χ1v) is 9.40. The highest BCUT2D eigenvalue weighted by molar-refractivity contribution is 6.29. The second-order valence-electron chi connectivity index (χ2n) is 6.75. The fraction of sp³-hybridized carbons (Fsp3) is 0.190. The molecule has 0 aliphatic carbocycles. The molecule has 1 saturated heterocycles. The molecule has 5 nitrogen and oxygen atoms in total. The summed E-state index contributed by atoms with van der Waals surface area (Å²) in [6.07, 6.45) is 0. The van der Waals surface area contributed by atoms with Gasteiger partial charge in [-0.1, -0.05) is 11.6 Å². The van der Waals surface area contributed by atoms with Gasteiger partial charge in [0.05, 0.1) is 5.52 Å². The van der Waals surface area contributed by atoms with Crippen LogP contribution in [0.5, 0.6) is 0 Å². The fourth-order valence-corrected chi connectivity index (χ4v) is 3.49. The summed E-state index contributed by atoms with van der Waals surface area (Å²) in [7, 11) is 0. The van der Waals surface area contributed by atoms with Crippen molar-refractivity contribution in [1.82, 2.24) is 14.8 Å². The Labute approximate surface area is 170 Å². The molecule has 0 atom stereocenters. The summed E-state index contributed by atoms with van der Waals surface area (Å²) in [4.78, 5) is 32.7. The van der Waals surface area contributed by atoms with Gasteiger partial charge in [0, 0.05) is 42.7 Å². The van der Waals surface area contributed by atoms with Crippen LogP contribution in [-0.2, 0) is 0 Å². The van der Waals surface area contributed by atoms with Crippen molar-refractivity contribution in [2.75, 3.05) is 26.2 Å². The van der Waals surface area contributed by atoms with Crippen molar-refractivity contribution >= 4 is 34.3 Å². The highest BCUT2D eigenvalue weighted by atomic mass is 35.5. The monoisotopic (exact) mass is 415 g/mol. The SMILES string of the molecule is O=C(c1ccc(F)c(F)c1)N1CCN(C(=O)c2ccc3nc(Cl)ccc3c2)CC1. The van der Waals surface area contributed by atoms with E-state index in [1.54, 1.807) is 35.2 Å². The van der Waals surface area contributed by atoms with Gasteiger partial charge in [0.1, 0.15) is 5.15 Å². The zero-order chi connectivity index (χ0) is 20.5. The third kappa shape index (κ3) is 3.91. The molecule has 0 saturated carbocycles. The first-order chi connectivity index (χ1) is 13.9. The molecule has 148 valence electrons. The lowest BCUT2D eigenvalue weighted by atomic mass is 10.1. The summed E-state index contributed by atoms with van der Waals surface area (Å²) in [6.45, 7) is 1.33. The molecule has 4 rings (SSSR count). The molecule has 0 spiro atoms. The molecule has 1 aliphatic heterocycles. The molecule has 1 fully saturated rings. The molecular formula is C21H16ClF2N3O2. The van der Waals surface area contributed by atoms with E-state index in [2.05, 4.69) is 4.98 Å². The lowest BCUT2D eigenvalue weighted by molar-refractivity contribution is 0.0535. The minimum absolute atomic E-state index is 0.0874. The number of piperazine rings is 1. The Morgan fingerprint density at radius 1 is 0.793 bits per heavy atom. The number of rotatable bonds is 2. The van der Waals surface area contributed by atoms with Crippen LogP contribution in [-0.4, -0.2) is 52.8 Å². The number of carbonyl (C=O) groups excluding carboxylic acids is 2. The number of nitrogens with zero attached hydrogens (tertiary/aromatic N) is 3. The van der Waals surface area contributed by atoms with E-state index in [4.69, 9.17) is 11.6 Å². The van der Waals surface area contributed by atoms with E-state index >= 15 is 0 Å². The Morgan fingerprint density at radius 2 is 1.38 bits per heavy atom. The van der Waals surface area contributed by atoms with Gasteiger partial charge < -0.3 is 9.80 Å². The van der Waals surface area contributed by atoms with Crippen molar-refractivity contribution in [1.29, 1.82) is 0 Å². The molecule has 0 radical (unpaired) electrons. The highest BCUT2D eigenvalue weighted by Gasteiger charge is 2.26. The number of pyridine rings is 1. The first-order valence-electron chi connectivity index (χ1n) is 9.02. The van der Waals surface area contributed by atoms with Crippen LogP contribution < -0.4 is 0 Å². The molecule has 2 heterocycles. The van der Waals surface area contributed by atoms with Gasteiger partial charge in [0.25, 0.3) is 11.8 Å². The molecule has 3 aromatic rings. The van der Waals surface area contributed by atoms with Gasteiger partial charge in [-0.2, -0.15) is 0 Å². The summed E-state index contributed by atoms with van der Waals surface area (Å²) in [5.41, 5.74) is 1.32. The minimum atomic E-state index is -1.06. The van der Waals surface area contributed by atoms with Crippen LogP contribution in [0.4, 0.5) is 8.78 Å². The number of aromatic nitrogens is 1. The van der Waals surface area contributed by atoms with Gasteiger partial charge in [-0.25, -0.2) is 13.8 Å². The third-order valence-corrected chi connectivity index (χ3v) is 5.13. The molecule has 0 N–H and O–H groups in total. The summed E-state index contributed by atoms with van der Waals surface area (Å²) >= 11 is 5.88. The molecule has 0 bridgehead atoms. The van der Waals surface area contributed by atoms with Crippen molar-refractivity contribution in [2.24, 2.45) is 0 Å². The summed E-state index contributed by atoms with van der Waals surface area (Å²) < 4.78 is 26.5. The first kappa shape index (κ1) is 19.3. The number of carbonyl (C=O) groups is 2. The van der Waals surface area contributed by atoms with Crippen LogP contribution in [0.15, 0.2) is 48.5 Å². The van der Waals surface area contributed by atoms with Crippen LogP contribution in [0.25, 0.3) is 10.9 Å². The van der Waals surface area contributed by atoms with Crippen molar-refractivity contribution in [3.8, 4) is 0 Å². The summed E-state index contributed by atoms with van der Waals surface area (Å²) in [6, 6.07) is 11.8. The Morgan fingerprint density at radius 3 is 2.00 bits per heavy atom. The predicted octanol–water partition coefficient (Wildman–Crippen LogP) is 3.76. The van der Waals surface area contributed by atoms with E-state index in [0.717, 1.165) is 17.5 Å². The quantitative estimate of drug-likeness (QED) is 0.599. The Balaban J connectivity index is 1.43. The summed E-state index contributed by atoms with van der Waals surface area (Å²) in [5.74, 6) is -2.58. The van der Waals surface area contributed by atoms with E-state index in [1.807, 2.05) is 0 Å². The van der Waals surface area contributed by atoms with Crippen LogP contribution in [0.1, 0.15) is 20.7 Å². The van der Waals surface area contributed by atoms with Gasteiger partial charge in [-0.15, -0.1) is 0 Å². The number of benzene rings is 2. The van der Waals surface area contributed by atoms with E-state index in [-0.39, 0.29) is 17.4 Å². The molecular weight excluding hydrogens is 400 g/mol. The second kappa shape index (κ2) is 7.75. The molecule has 29 heavy (non-hydrogen) atoms. The van der Waals surface area contributed by atoms with Crippen LogP contribution in [0.2, 0.25) is 5.15 Å². The largest absolute Gasteiger partial charge is 0.335 e. The maximum absolute atomic E-state index is 13.4. The Kier molecular flexibility index (Phi) is 5.15. The maximum atomic E-state index is 13.4. The van der Waals surface area contributed by atoms with Crippen molar-refractivity contribution in [3.63, 3.8) is 0 Å². The van der Waals surface area contributed by atoms with Crippen LogP contribution >= 0.6 is 11.6 Å². The number of fused-ring (bicyclic) bond motifs is 1. The molecule has 1 aromatic heterocycles. The summed E-state index contributed by atoms with van der Waals surface area (Å²) in [5, 5.41) is 1.20. The van der Waals surface area contributed by atoms with Crippen molar-refractivity contribution in [3.05, 3.63) is 76.4 Å². The molecule has 0 unspecified atom stereocenters. The number of hydrogen-bond acceptors (Lipinski definition) is 3. The predicted molar refractivity (Wildman–Crippen MR) is 105 cm³/mol. The molecule has 2 aromatic carbocycles. The van der Waals surface area contributed by atoms with Gasteiger partial charge in [-0.3, -0.25) is 9.59 Å². The topological polar surface area (TPSA) is 53.5 Å². The minimum Gasteiger partial charge on any atom is -0.335 e. The van der Waals surface area contributed by atoms with Crippen LogP contribution in [0.3, 0.4) is 0 Å². The van der Waals surface area contributed by atoms with E-state index in [0.29, 0.717) is 42.4 Å². The lowest BCUT2D eigenvalue weighted by Gasteiger charge is -2.35. The van der Waals surface area contributed by atoms with E-state index in [9.17, 15) is 18.4 Å². The second-order valence-corrected chi connectivity index (χ2v) is 7.14. The molecule has 2 amide bonds. The standard InChI is InChI=1S/C21H16ClF2N3O2/c22-19-6-3-13-11-14(2-5-18(13)25-19)20(28)26-7-9-27(10-8-26)21(29)15-1-4-16(23)17(24)12-15/h1-6,11-12H,7-10H2. The normalized spacial score (nSPS) is 14.3. The van der Waals surface area contributed by atoms with Crippen molar-refractivity contribution in [2.45, 2.75) is 0 Å². The fourth-order valence-electron chi connectivity index (χ4n) is 3.34. The van der Waals surface area contributed by atoms with Gasteiger partial charge in [0.15, 0.2) is 11.6 Å². The Bertz CT molecular complexity index is 1110. The van der Waals surface area contributed by atoms with Gasteiger partial charge >= 0.3 is 0 Å².